The van der Waals surface area contributed by atoms with Crippen molar-refractivity contribution >= 4 is 10.9 Å². The highest BCUT2D eigenvalue weighted by atomic mass is 16.6. The van der Waals surface area contributed by atoms with E-state index in [1.165, 1.54) is 11.1 Å². The van der Waals surface area contributed by atoms with Crippen LogP contribution in [0.15, 0.2) is 48.7 Å². The summed E-state index contributed by atoms with van der Waals surface area (Å²) < 4.78 is 16.7. The number of fused-ring (bicyclic) bond motifs is 2. The quantitative estimate of drug-likeness (QED) is 0.558. The van der Waals surface area contributed by atoms with Gasteiger partial charge in [0, 0.05) is 24.2 Å². The smallest absolute Gasteiger partial charge is 0.161 e. The Morgan fingerprint density at radius 2 is 1.88 bits per heavy atom. The number of methoxy groups -OCH3 is 1. The van der Waals surface area contributed by atoms with E-state index in [1.807, 2.05) is 30.5 Å². The van der Waals surface area contributed by atoms with Crippen LogP contribution < -0.4 is 19.5 Å². The number of benzene rings is 2. The molecule has 0 amide bonds. The van der Waals surface area contributed by atoms with Crippen LogP contribution in [0.4, 0.5) is 0 Å². The first-order valence-corrected chi connectivity index (χ1v) is 11.9. The summed E-state index contributed by atoms with van der Waals surface area (Å²) in [4.78, 5) is 4.47. The second-order valence-corrected chi connectivity index (χ2v) is 9.21. The molecule has 33 heavy (non-hydrogen) atoms. The van der Waals surface area contributed by atoms with Gasteiger partial charge in [0.2, 0.25) is 0 Å². The Kier molecular flexibility index (Phi) is 6.38. The van der Waals surface area contributed by atoms with Gasteiger partial charge in [-0.2, -0.15) is 0 Å². The molecule has 0 saturated heterocycles. The molecule has 1 aromatic heterocycles. The lowest BCUT2D eigenvalue weighted by atomic mass is 9.78. The topological polar surface area (TPSA) is 72.8 Å². The third-order valence-corrected chi connectivity index (χ3v) is 7.02. The summed E-state index contributed by atoms with van der Waals surface area (Å²) in [5.41, 5.74) is 2.77. The predicted molar refractivity (Wildman–Crippen MR) is 128 cm³/mol. The number of hydrogen-bond acceptors (Lipinski definition) is 6. The molecule has 2 N–H and O–H groups in total. The Labute approximate surface area is 194 Å². The van der Waals surface area contributed by atoms with Gasteiger partial charge < -0.3 is 24.6 Å². The number of pyridine rings is 1. The van der Waals surface area contributed by atoms with Crippen LogP contribution >= 0.6 is 0 Å². The van der Waals surface area contributed by atoms with Crippen molar-refractivity contribution in [2.45, 2.75) is 56.7 Å². The minimum Gasteiger partial charge on any atom is -0.497 e. The van der Waals surface area contributed by atoms with Gasteiger partial charge in [0.15, 0.2) is 11.5 Å². The van der Waals surface area contributed by atoms with Crippen molar-refractivity contribution < 1.29 is 19.3 Å². The molecule has 0 unspecified atom stereocenters. The van der Waals surface area contributed by atoms with Crippen LogP contribution in [0.2, 0.25) is 0 Å². The lowest BCUT2D eigenvalue weighted by Crippen LogP contribution is -2.41. The lowest BCUT2D eigenvalue weighted by Gasteiger charge is -2.36. The minimum atomic E-state index is -0.608. The number of aromatic nitrogens is 1. The molecule has 2 aliphatic rings. The van der Waals surface area contributed by atoms with Crippen LogP contribution in [-0.4, -0.2) is 42.1 Å². The summed E-state index contributed by atoms with van der Waals surface area (Å²) in [7, 11) is 1.68. The molecular formula is C27H32N2O4. The Bertz CT molecular complexity index is 1110. The number of nitrogens with zero attached hydrogens (tertiary/aromatic N) is 1. The van der Waals surface area contributed by atoms with Gasteiger partial charge in [0.1, 0.15) is 19.0 Å². The monoisotopic (exact) mass is 448 g/mol. The molecule has 5 rings (SSSR count). The van der Waals surface area contributed by atoms with Gasteiger partial charge in [-0.05, 0) is 86.1 Å². The molecule has 1 aliphatic carbocycles. The SMILES string of the molecule is COc1ccc2nccc(CC[C@]3(O)CC[C@@H](NCc4ccc5c(c4)OCCO5)CC3)c2c1. The predicted octanol–water partition coefficient (Wildman–Crippen LogP) is 4.41. The molecule has 0 bridgehead atoms. The van der Waals surface area contributed by atoms with Gasteiger partial charge in [-0.15, -0.1) is 0 Å². The van der Waals surface area contributed by atoms with Crippen LogP contribution in [0.25, 0.3) is 10.9 Å². The normalized spacial score (nSPS) is 22.3. The number of aliphatic hydroxyl groups is 1. The van der Waals surface area contributed by atoms with Gasteiger partial charge >= 0.3 is 0 Å². The molecule has 6 heteroatoms. The summed E-state index contributed by atoms with van der Waals surface area (Å²) in [6.45, 7) is 2.01. The average molecular weight is 449 g/mol. The number of hydrogen-bond donors (Lipinski definition) is 2. The van der Waals surface area contributed by atoms with Gasteiger partial charge in [-0.3, -0.25) is 4.98 Å². The summed E-state index contributed by atoms with van der Waals surface area (Å²) in [5, 5.41) is 16.0. The number of ether oxygens (including phenoxy) is 3. The zero-order chi connectivity index (χ0) is 22.7. The molecule has 174 valence electrons. The van der Waals surface area contributed by atoms with Crippen molar-refractivity contribution in [3.8, 4) is 17.2 Å². The van der Waals surface area contributed by atoms with Gasteiger partial charge in [0.05, 0.1) is 18.2 Å². The summed E-state index contributed by atoms with van der Waals surface area (Å²) in [6, 6.07) is 14.6. The fourth-order valence-electron chi connectivity index (χ4n) is 4.96. The highest BCUT2D eigenvalue weighted by Gasteiger charge is 2.32. The van der Waals surface area contributed by atoms with E-state index in [9.17, 15) is 5.11 Å². The first-order chi connectivity index (χ1) is 16.1. The summed E-state index contributed by atoms with van der Waals surface area (Å²) >= 11 is 0. The molecule has 0 atom stereocenters. The van der Waals surface area contributed by atoms with Gasteiger partial charge in [-0.25, -0.2) is 0 Å². The first-order valence-electron chi connectivity index (χ1n) is 11.9. The summed E-state index contributed by atoms with van der Waals surface area (Å²) in [6.07, 6.45) is 7.04. The minimum absolute atomic E-state index is 0.421. The van der Waals surface area contributed by atoms with E-state index in [1.54, 1.807) is 7.11 Å². The maximum absolute atomic E-state index is 11.2. The van der Waals surface area contributed by atoms with Crippen molar-refractivity contribution in [1.29, 1.82) is 0 Å². The van der Waals surface area contributed by atoms with E-state index >= 15 is 0 Å². The molecule has 1 aliphatic heterocycles. The van der Waals surface area contributed by atoms with E-state index < -0.39 is 5.60 Å². The molecule has 1 fully saturated rings. The molecule has 6 nitrogen and oxygen atoms in total. The van der Waals surface area contributed by atoms with E-state index in [0.717, 1.165) is 73.2 Å². The third-order valence-electron chi connectivity index (χ3n) is 7.02. The van der Waals surface area contributed by atoms with E-state index in [0.29, 0.717) is 19.3 Å². The largest absolute Gasteiger partial charge is 0.497 e. The lowest BCUT2D eigenvalue weighted by molar-refractivity contribution is -0.0107. The van der Waals surface area contributed by atoms with Crippen molar-refractivity contribution in [2.24, 2.45) is 0 Å². The Balaban J connectivity index is 1.14. The van der Waals surface area contributed by atoms with Crippen molar-refractivity contribution in [1.82, 2.24) is 10.3 Å². The average Bonchev–Trinajstić information content (AvgIpc) is 2.87. The highest BCUT2D eigenvalue weighted by molar-refractivity contribution is 5.83. The fourth-order valence-corrected chi connectivity index (χ4v) is 4.96. The molecule has 2 aromatic carbocycles. The maximum atomic E-state index is 11.2. The molecule has 1 saturated carbocycles. The zero-order valence-corrected chi connectivity index (χ0v) is 19.2. The van der Waals surface area contributed by atoms with Gasteiger partial charge in [-0.1, -0.05) is 6.07 Å². The molecule has 0 spiro atoms. The molecular weight excluding hydrogens is 416 g/mol. The van der Waals surface area contributed by atoms with Crippen LogP contribution in [-0.2, 0) is 13.0 Å². The fraction of sp³-hybridized carbons (Fsp3) is 0.444. The molecule has 3 aromatic rings. The van der Waals surface area contributed by atoms with Crippen LogP contribution in [0.3, 0.4) is 0 Å². The van der Waals surface area contributed by atoms with E-state index in [4.69, 9.17) is 14.2 Å². The number of rotatable bonds is 7. The second kappa shape index (κ2) is 9.57. The van der Waals surface area contributed by atoms with Crippen LogP contribution in [0.1, 0.15) is 43.2 Å². The van der Waals surface area contributed by atoms with Crippen LogP contribution in [0.5, 0.6) is 17.2 Å². The summed E-state index contributed by atoms with van der Waals surface area (Å²) in [5.74, 6) is 2.49. The second-order valence-electron chi connectivity index (χ2n) is 9.21. The third kappa shape index (κ3) is 5.07. The van der Waals surface area contributed by atoms with Crippen molar-refractivity contribution in [2.75, 3.05) is 20.3 Å². The molecule has 0 radical (unpaired) electrons. The van der Waals surface area contributed by atoms with Crippen molar-refractivity contribution in [3.05, 3.63) is 59.8 Å². The number of aryl methyl sites for hydroxylation is 1. The zero-order valence-electron chi connectivity index (χ0n) is 19.2. The molecule has 2 heterocycles. The first kappa shape index (κ1) is 22.0. The highest BCUT2D eigenvalue weighted by Crippen LogP contribution is 2.34. The van der Waals surface area contributed by atoms with E-state index in [2.05, 4.69) is 28.5 Å². The van der Waals surface area contributed by atoms with E-state index in [-0.39, 0.29) is 0 Å². The maximum Gasteiger partial charge on any atom is 0.161 e. The standard InChI is InChI=1S/C27H32N2O4/c1-31-22-3-4-24-23(17-22)20(9-13-28-24)6-10-27(30)11-7-21(8-12-27)29-18-19-2-5-25-26(16-19)33-15-14-32-25/h2-5,9,13,16-17,21,29-30H,6-8,10-12,14-15,18H2,1H3/t21-,27+. The Morgan fingerprint density at radius 3 is 2.70 bits per heavy atom. The Morgan fingerprint density at radius 1 is 1.06 bits per heavy atom. The van der Waals surface area contributed by atoms with Crippen LogP contribution in [0, 0.1) is 0 Å². The number of nitrogens with one attached hydrogen (secondary N) is 1. The van der Waals surface area contributed by atoms with Crippen molar-refractivity contribution in [3.63, 3.8) is 0 Å². The van der Waals surface area contributed by atoms with Gasteiger partial charge in [0.25, 0.3) is 0 Å². The Hall–Kier alpha value is -2.83.